The van der Waals surface area contributed by atoms with Crippen molar-refractivity contribution in [3.63, 3.8) is 0 Å². The summed E-state index contributed by atoms with van der Waals surface area (Å²) < 4.78 is 22.0. The van der Waals surface area contributed by atoms with E-state index >= 15 is 0 Å². The van der Waals surface area contributed by atoms with Gasteiger partial charge < -0.3 is 24.8 Å². The van der Waals surface area contributed by atoms with Gasteiger partial charge in [0.2, 0.25) is 5.91 Å². The van der Waals surface area contributed by atoms with Gasteiger partial charge in [-0.3, -0.25) is 9.78 Å². The van der Waals surface area contributed by atoms with Crippen LogP contribution in [0.15, 0.2) is 72.9 Å². The predicted octanol–water partition coefficient (Wildman–Crippen LogP) is 6.80. The highest BCUT2D eigenvalue weighted by atomic mass is 32.1. The summed E-state index contributed by atoms with van der Waals surface area (Å²) in [5, 5.41) is 7.00. The number of methoxy groups -OCH3 is 1. The van der Waals surface area contributed by atoms with Crippen LogP contribution in [0.2, 0.25) is 0 Å². The summed E-state index contributed by atoms with van der Waals surface area (Å²) in [5.74, 6) is 0.118. The fourth-order valence-electron chi connectivity index (χ4n) is 5.29. The zero-order valence-electron chi connectivity index (χ0n) is 24.0. The van der Waals surface area contributed by atoms with Crippen LogP contribution >= 0.6 is 12.2 Å². The van der Waals surface area contributed by atoms with Gasteiger partial charge in [0.15, 0.2) is 5.11 Å². The lowest BCUT2D eigenvalue weighted by Crippen LogP contribution is -2.30. The number of nitrogens with one attached hydrogen (secondary N) is 2. The summed E-state index contributed by atoms with van der Waals surface area (Å²) in [6, 6.07) is 19.6. The molecule has 2 atom stereocenters. The van der Waals surface area contributed by atoms with Crippen molar-refractivity contribution in [3.05, 3.63) is 101 Å². The van der Waals surface area contributed by atoms with E-state index in [9.17, 15) is 9.18 Å². The molecule has 1 aliphatic heterocycles. The summed E-state index contributed by atoms with van der Waals surface area (Å²) in [7, 11) is 1.58. The van der Waals surface area contributed by atoms with Crippen molar-refractivity contribution < 1.29 is 13.9 Å². The topological polar surface area (TPSA) is 71.4 Å². The van der Waals surface area contributed by atoms with E-state index in [2.05, 4.69) is 31.2 Å². The standard InChI is InChI=1S/C32H34FN5O2S/c1-19-16-24(20(2)37(19)22-11-9-10-21(33)17-22)29-28(26-12-7-8-15-34-26)36-31(41)38(29)23-13-14-25(27(18-23)40-6)35-30(39)32(3,4)5/h7-18,28-29H,1-6H3,(H,35,39)(H,36,41)/t28-,29+/m1/s1. The number of hydrogen-bond acceptors (Lipinski definition) is 4. The van der Waals surface area contributed by atoms with Gasteiger partial charge in [-0.15, -0.1) is 0 Å². The van der Waals surface area contributed by atoms with Crippen LogP contribution in [0.25, 0.3) is 5.69 Å². The third-order valence-corrected chi connectivity index (χ3v) is 7.66. The van der Waals surface area contributed by atoms with Crippen molar-refractivity contribution in [2.24, 2.45) is 5.41 Å². The molecule has 212 valence electrons. The average Bonchev–Trinajstić information content (AvgIpc) is 3.43. The summed E-state index contributed by atoms with van der Waals surface area (Å²) in [4.78, 5) is 19.4. The SMILES string of the molecule is COc1cc(N2C(=S)N[C@H](c3ccccn3)[C@@H]2c2cc(C)n(-c3cccc(F)c3)c2C)ccc1NC(=O)C(C)(C)C. The third-order valence-electron chi connectivity index (χ3n) is 7.35. The molecule has 0 aliphatic carbocycles. The average molecular weight is 572 g/mol. The zero-order chi connectivity index (χ0) is 29.5. The van der Waals surface area contributed by atoms with Crippen LogP contribution in [0.1, 0.15) is 55.5 Å². The minimum atomic E-state index is -0.560. The van der Waals surface area contributed by atoms with Crippen molar-refractivity contribution in [1.82, 2.24) is 14.9 Å². The van der Waals surface area contributed by atoms with E-state index in [1.165, 1.54) is 12.1 Å². The first-order valence-electron chi connectivity index (χ1n) is 13.4. The first-order chi connectivity index (χ1) is 19.5. The molecule has 0 saturated carbocycles. The molecule has 2 aromatic heterocycles. The molecular formula is C32H34FN5O2S. The monoisotopic (exact) mass is 571 g/mol. The lowest BCUT2D eigenvalue weighted by molar-refractivity contribution is -0.123. The number of amides is 1. The van der Waals surface area contributed by atoms with E-state index in [0.29, 0.717) is 16.5 Å². The van der Waals surface area contributed by atoms with Crippen LogP contribution in [0.3, 0.4) is 0 Å². The van der Waals surface area contributed by atoms with Gasteiger partial charge in [0.1, 0.15) is 11.6 Å². The smallest absolute Gasteiger partial charge is 0.229 e. The quantitative estimate of drug-likeness (QED) is 0.248. The number of carbonyl (C=O) groups excluding carboxylic acids is 1. The van der Waals surface area contributed by atoms with E-state index in [-0.39, 0.29) is 23.8 Å². The van der Waals surface area contributed by atoms with Crippen LogP contribution in [0.4, 0.5) is 15.8 Å². The van der Waals surface area contributed by atoms with Gasteiger partial charge in [0.05, 0.1) is 30.6 Å². The minimum absolute atomic E-state index is 0.111. The second kappa shape index (κ2) is 11.0. The molecule has 0 radical (unpaired) electrons. The van der Waals surface area contributed by atoms with Gasteiger partial charge in [-0.1, -0.05) is 32.9 Å². The first-order valence-corrected chi connectivity index (χ1v) is 13.9. The first kappa shape index (κ1) is 28.3. The Hall–Kier alpha value is -4.24. The van der Waals surface area contributed by atoms with Gasteiger partial charge in [-0.05, 0) is 80.2 Å². The number of aromatic nitrogens is 2. The Morgan fingerprint density at radius 1 is 1.05 bits per heavy atom. The molecule has 0 bridgehead atoms. The number of pyridine rings is 1. The molecule has 7 nitrogen and oxygen atoms in total. The molecule has 1 saturated heterocycles. The normalized spacial score (nSPS) is 17.0. The molecule has 4 aromatic rings. The molecule has 0 spiro atoms. The largest absolute Gasteiger partial charge is 0.494 e. The lowest BCUT2D eigenvalue weighted by atomic mass is 9.95. The van der Waals surface area contributed by atoms with Gasteiger partial charge in [0.25, 0.3) is 0 Å². The van der Waals surface area contributed by atoms with E-state index in [0.717, 1.165) is 34.0 Å². The van der Waals surface area contributed by atoms with Crippen LogP contribution in [-0.2, 0) is 4.79 Å². The molecule has 1 aliphatic rings. The highest BCUT2D eigenvalue weighted by Gasteiger charge is 2.42. The maximum atomic E-state index is 14.2. The number of ether oxygens (including phenoxy) is 1. The lowest BCUT2D eigenvalue weighted by Gasteiger charge is -2.29. The minimum Gasteiger partial charge on any atom is -0.494 e. The van der Waals surface area contributed by atoms with Crippen molar-refractivity contribution in [1.29, 1.82) is 0 Å². The number of thiocarbonyl (C=S) groups is 1. The molecule has 2 aromatic carbocycles. The second-order valence-corrected chi connectivity index (χ2v) is 11.6. The van der Waals surface area contributed by atoms with E-state index in [1.807, 2.05) is 77.1 Å². The number of hydrogen-bond donors (Lipinski definition) is 2. The van der Waals surface area contributed by atoms with Crippen molar-refractivity contribution in [2.75, 3.05) is 17.3 Å². The Bertz CT molecular complexity index is 1610. The summed E-state index contributed by atoms with van der Waals surface area (Å²) in [5.41, 5.74) is 5.38. The number of aryl methyl sites for hydroxylation is 1. The van der Waals surface area contributed by atoms with Crippen LogP contribution in [-0.4, -0.2) is 27.7 Å². The Kier molecular flexibility index (Phi) is 7.57. The van der Waals surface area contributed by atoms with Crippen LogP contribution < -0.4 is 20.3 Å². The highest BCUT2D eigenvalue weighted by Crippen LogP contribution is 2.45. The fraction of sp³-hybridized carbons (Fsp3) is 0.281. The molecule has 9 heteroatoms. The summed E-state index contributed by atoms with van der Waals surface area (Å²) in [6.07, 6.45) is 1.77. The number of halogens is 1. The molecule has 1 amide bonds. The summed E-state index contributed by atoms with van der Waals surface area (Å²) in [6.45, 7) is 9.63. The molecule has 41 heavy (non-hydrogen) atoms. The second-order valence-electron chi connectivity index (χ2n) is 11.2. The van der Waals surface area contributed by atoms with Crippen molar-refractivity contribution >= 4 is 34.6 Å². The maximum absolute atomic E-state index is 14.2. The number of rotatable bonds is 6. The fourth-order valence-corrected chi connectivity index (χ4v) is 5.64. The molecule has 3 heterocycles. The highest BCUT2D eigenvalue weighted by molar-refractivity contribution is 7.80. The van der Waals surface area contributed by atoms with Crippen molar-refractivity contribution in [2.45, 2.75) is 46.7 Å². The molecule has 5 rings (SSSR count). The van der Waals surface area contributed by atoms with Crippen LogP contribution in [0, 0.1) is 25.1 Å². The molecule has 0 unspecified atom stereocenters. The number of benzene rings is 2. The predicted molar refractivity (Wildman–Crippen MR) is 164 cm³/mol. The number of carbonyl (C=O) groups is 1. The van der Waals surface area contributed by atoms with E-state index in [4.69, 9.17) is 17.0 Å². The van der Waals surface area contributed by atoms with Crippen molar-refractivity contribution in [3.8, 4) is 11.4 Å². The van der Waals surface area contributed by atoms with Gasteiger partial charge in [-0.2, -0.15) is 0 Å². The number of anilines is 2. The van der Waals surface area contributed by atoms with E-state index < -0.39 is 5.41 Å². The number of nitrogens with zero attached hydrogens (tertiary/aromatic N) is 3. The third kappa shape index (κ3) is 5.41. The van der Waals surface area contributed by atoms with Gasteiger partial charge in [-0.25, -0.2) is 4.39 Å². The molecular weight excluding hydrogens is 537 g/mol. The zero-order valence-corrected chi connectivity index (χ0v) is 24.8. The summed E-state index contributed by atoms with van der Waals surface area (Å²) >= 11 is 5.92. The van der Waals surface area contributed by atoms with Crippen LogP contribution in [0.5, 0.6) is 5.75 Å². The maximum Gasteiger partial charge on any atom is 0.229 e. The Morgan fingerprint density at radius 2 is 1.83 bits per heavy atom. The molecule has 2 N–H and O–H groups in total. The Morgan fingerprint density at radius 3 is 2.49 bits per heavy atom. The Balaban J connectivity index is 1.63. The Labute approximate surface area is 245 Å². The molecule has 1 fully saturated rings. The van der Waals surface area contributed by atoms with E-state index in [1.54, 1.807) is 19.4 Å². The van der Waals surface area contributed by atoms with Gasteiger partial charge in [0, 0.05) is 40.4 Å². The van der Waals surface area contributed by atoms with Gasteiger partial charge >= 0.3 is 0 Å².